The number of nitrogens with zero attached hydrogens (tertiary/aromatic N) is 4. The van der Waals surface area contributed by atoms with Gasteiger partial charge in [0.1, 0.15) is 10.7 Å². The molecule has 1 aliphatic heterocycles. The van der Waals surface area contributed by atoms with Crippen LogP contribution in [-0.4, -0.2) is 36.5 Å². The van der Waals surface area contributed by atoms with Gasteiger partial charge in [0.25, 0.3) is 0 Å². The zero-order valence-electron chi connectivity index (χ0n) is 15.7. The van der Waals surface area contributed by atoms with Gasteiger partial charge in [-0.2, -0.15) is 0 Å². The molecule has 1 aromatic carbocycles. The molecular formula is C20H23N5O2S. The lowest BCUT2D eigenvalue weighted by molar-refractivity contribution is 0.587. The Labute approximate surface area is 165 Å². The van der Waals surface area contributed by atoms with Crippen LogP contribution in [0.25, 0.3) is 0 Å². The SMILES string of the molecule is CNS(=O)(=O)c1ccc(N2CCc3c(ncn3CCc3ccccc3)C2)nc1. The fraction of sp³-hybridized carbons (Fsp3) is 0.300. The van der Waals surface area contributed by atoms with E-state index in [-0.39, 0.29) is 4.90 Å². The normalized spacial score (nSPS) is 14.1. The monoisotopic (exact) mass is 397 g/mol. The molecule has 0 saturated carbocycles. The maximum absolute atomic E-state index is 11.8. The molecular weight excluding hydrogens is 374 g/mol. The topological polar surface area (TPSA) is 80.1 Å². The zero-order chi connectivity index (χ0) is 19.6. The van der Waals surface area contributed by atoms with Crippen LogP contribution in [0.5, 0.6) is 0 Å². The van der Waals surface area contributed by atoms with Crippen molar-refractivity contribution in [2.45, 2.75) is 30.8 Å². The summed E-state index contributed by atoms with van der Waals surface area (Å²) < 4.78 is 28.2. The van der Waals surface area contributed by atoms with Crippen LogP contribution in [0, 0.1) is 0 Å². The van der Waals surface area contributed by atoms with Crippen molar-refractivity contribution in [3.05, 3.63) is 71.9 Å². The lowest BCUT2D eigenvalue weighted by Crippen LogP contribution is -2.32. The van der Waals surface area contributed by atoms with Crippen molar-refractivity contribution in [2.75, 3.05) is 18.5 Å². The van der Waals surface area contributed by atoms with Crippen LogP contribution in [0.15, 0.2) is 59.9 Å². The Bertz CT molecular complexity index is 1050. The number of imidazole rings is 1. The third-order valence-corrected chi connectivity index (χ3v) is 6.50. The van der Waals surface area contributed by atoms with Gasteiger partial charge >= 0.3 is 0 Å². The van der Waals surface area contributed by atoms with Crippen LogP contribution < -0.4 is 9.62 Å². The van der Waals surface area contributed by atoms with E-state index in [0.29, 0.717) is 6.54 Å². The van der Waals surface area contributed by atoms with Gasteiger partial charge in [-0.1, -0.05) is 30.3 Å². The molecule has 2 aromatic heterocycles. The first-order valence-corrected chi connectivity index (χ1v) is 10.8. The van der Waals surface area contributed by atoms with E-state index in [9.17, 15) is 8.42 Å². The van der Waals surface area contributed by atoms with E-state index in [4.69, 9.17) is 0 Å². The standard InChI is InChI=1S/C20H23N5O2S/c1-21-28(26,27)17-7-8-20(22-13-17)24-12-10-19-18(14-24)23-15-25(19)11-9-16-5-3-2-4-6-16/h2-8,13,15,21H,9-12,14H2,1H3. The molecule has 146 valence electrons. The fourth-order valence-corrected chi connectivity index (χ4v) is 4.16. The number of hydrogen-bond donors (Lipinski definition) is 1. The third kappa shape index (κ3) is 3.79. The quantitative estimate of drug-likeness (QED) is 0.688. The first kappa shape index (κ1) is 18.6. The first-order valence-electron chi connectivity index (χ1n) is 9.28. The van der Waals surface area contributed by atoms with Crippen LogP contribution in [-0.2, 0) is 36.0 Å². The second kappa shape index (κ2) is 7.73. The van der Waals surface area contributed by atoms with E-state index in [1.54, 1.807) is 12.1 Å². The Kier molecular flexibility index (Phi) is 5.15. The number of pyridine rings is 1. The van der Waals surface area contributed by atoms with Crippen LogP contribution in [0.1, 0.15) is 17.0 Å². The van der Waals surface area contributed by atoms with Gasteiger partial charge in [0.15, 0.2) is 0 Å². The molecule has 0 unspecified atom stereocenters. The highest BCUT2D eigenvalue weighted by atomic mass is 32.2. The van der Waals surface area contributed by atoms with Crippen LogP contribution in [0.3, 0.4) is 0 Å². The summed E-state index contributed by atoms with van der Waals surface area (Å²) in [4.78, 5) is 11.2. The summed E-state index contributed by atoms with van der Waals surface area (Å²) in [7, 11) is -2.07. The summed E-state index contributed by atoms with van der Waals surface area (Å²) in [6.45, 7) is 2.43. The van der Waals surface area contributed by atoms with E-state index >= 15 is 0 Å². The summed E-state index contributed by atoms with van der Waals surface area (Å²) in [5, 5.41) is 0. The third-order valence-electron chi connectivity index (χ3n) is 5.10. The van der Waals surface area contributed by atoms with Crippen molar-refractivity contribution in [1.29, 1.82) is 0 Å². The lowest BCUT2D eigenvalue weighted by Gasteiger charge is -2.28. The molecule has 1 N–H and O–H groups in total. The van der Waals surface area contributed by atoms with Gasteiger partial charge in [-0.3, -0.25) is 0 Å². The smallest absolute Gasteiger partial charge is 0.241 e. The van der Waals surface area contributed by atoms with Crippen molar-refractivity contribution >= 4 is 15.8 Å². The number of sulfonamides is 1. The van der Waals surface area contributed by atoms with Crippen LogP contribution in [0.2, 0.25) is 0 Å². The van der Waals surface area contributed by atoms with Gasteiger partial charge in [-0.15, -0.1) is 0 Å². The number of aromatic nitrogens is 3. The molecule has 0 bridgehead atoms. The van der Waals surface area contributed by atoms with Gasteiger partial charge in [0.2, 0.25) is 10.0 Å². The summed E-state index contributed by atoms with van der Waals surface area (Å²) in [6.07, 6.45) is 5.20. The Hall–Kier alpha value is -2.71. The number of nitrogens with one attached hydrogen (secondary N) is 1. The van der Waals surface area contributed by atoms with Gasteiger partial charge in [-0.25, -0.2) is 23.1 Å². The van der Waals surface area contributed by atoms with Gasteiger partial charge in [0.05, 0.1) is 18.6 Å². The summed E-state index contributed by atoms with van der Waals surface area (Å²) >= 11 is 0. The average molecular weight is 398 g/mol. The molecule has 28 heavy (non-hydrogen) atoms. The number of anilines is 1. The maximum Gasteiger partial charge on any atom is 0.241 e. The number of fused-ring (bicyclic) bond motifs is 1. The van der Waals surface area contributed by atoms with E-state index < -0.39 is 10.0 Å². The molecule has 3 aromatic rings. The minimum atomic E-state index is -3.47. The van der Waals surface area contributed by atoms with Crippen molar-refractivity contribution in [1.82, 2.24) is 19.3 Å². The summed E-state index contributed by atoms with van der Waals surface area (Å²) in [6, 6.07) is 13.8. The van der Waals surface area contributed by atoms with Gasteiger partial charge in [-0.05, 0) is 31.2 Å². The lowest BCUT2D eigenvalue weighted by atomic mass is 10.1. The Morgan fingerprint density at radius 1 is 1.11 bits per heavy atom. The second-order valence-electron chi connectivity index (χ2n) is 6.80. The molecule has 0 saturated heterocycles. The summed E-state index contributed by atoms with van der Waals surface area (Å²) in [5.41, 5.74) is 3.66. The first-order chi connectivity index (χ1) is 13.6. The highest BCUT2D eigenvalue weighted by molar-refractivity contribution is 7.89. The average Bonchev–Trinajstić information content (AvgIpc) is 3.15. The molecule has 0 radical (unpaired) electrons. The minimum absolute atomic E-state index is 0.168. The van der Waals surface area contributed by atoms with Crippen LogP contribution >= 0.6 is 0 Å². The van der Waals surface area contributed by atoms with Crippen molar-refractivity contribution in [2.24, 2.45) is 0 Å². The van der Waals surface area contributed by atoms with Crippen molar-refractivity contribution in [3.8, 4) is 0 Å². The minimum Gasteiger partial charge on any atom is -0.350 e. The fourth-order valence-electron chi connectivity index (χ4n) is 3.49. The molecule has 0 aliphatic carbocycles. The Balaban J connectivity index is 1.45. The number of aryl methyl sites for hydroxylation is 2. The summed E-state index contributed by atoms with van der Waals surface area (Å²) in [5.74, 6) is 0.763. The largest absolute Gasteiger partial charge is 0.350 e. The van der Waals surface area contributed by atoms with E-state index in [1.165, 1.54) is 24.5 Å². The molecule has 7 nitrogen and oxygen atoms in total. The molecule has 0 amide bonds. The molecule has 4 rings (SSSR count). The highest BCUT2D eigenvalue weighted by Gasteiger charge is 2.22. The predicted molar refractivity (Wildman–Crippen MR) is 108 cm³/mol. The number of benzene rings is 1. The highest BCUT2D eigenvalue weighted by Crippen LogP contribution is 2.23. The molecule has 1 aliphatic rings. The predicted octanol–water partition coefficient (Wildman–Crippen LogP) is 1.99. The van der Waals surface area contributed by atoms with Crippen molar-refractivity contribution < 1.29 is 8.42 Å². The Morgan fingerprint density at radius 2 is 1.93 bits per heavy atom. The van der Waals surface area contributed by atoms with E-state index in [0.717, 1.165) is 37.4 Å². The van der Waals surface area contributed by atoms with Gasteiger partial charge in [0, 0.05) is 31.4 Å². The Morgan fingerprint density at radius 3 is 2.64 bits per heavy atom. The number of rotatable bonds is 6. The second-order valence-corrected chi connectivity index (χ2v) is 8.68. The van der Waals surface area contributed by atoms with Gasteiger partial charge < -0.3 is 9.47 Å². The molecule has 8 heteroatoms. The van der Waals surface area contributed by atoms with Crippen molar-refractivity contribution in [3.63, 3.8) is 0 Å². The van der Waals surface area contributed by atoms with E-state index in [1.807, 2.05) is 12.4 Å². The molecule has 3 heterocycles. The number of hydrogen-bond acceptors (Lipinski definition) is 5. The van der Waals surface area contributed by atoms with E-state index in [2.05, 4.69) is 48.4 Å². The maximum atomic E-state index is 11.8. The molecule has 0 spiro atoms. The van der Waals surface area contributed by atoms with Crippen LogP contribution in [0.4, 0.5) is 5.82 Å². The molecule has 0 fully saturated rings. The zero-order valence-corrected chi connectivity index (χ0v) is 16.6. The molecule has 0 atom stereocenters.